The Labute approximate surface area is 294 Å². The van der Waals surface area contributed by atoms with Gasteiger partial charge in [-0.3, -0.25) is 4.57 Å². The Morgan fingerprint density at radius 1 is 0.612 bits per heavy atom. The molecular formula is C45H38N2O2. The fraction of sp³-hybridized carbons (Fsp3) is 0.178. The summed E-state index contributed by atoms with van der Waals surface area (Å²) >= 11 is 0. The summed E-state index contributed by atoms with van der Waals surface area (Å²) in [5, 5.41) is 2.84. The largest absolute Gasteiger partial charge is 0.456 e. The maximum atomic E-state index is 8.67. The second-order valence-electron chi connectivity index (χ2n) is 13.5. The van der Waals surface area contributed by atoms with E-state index in [0.29, 0.717) is 49.9 Å². The van der Waals surface area contributed by atoms with Gasteiger partial charge in [-0.1, -0.05) is 94.4 Å². The number of imidazole rings is 1. The molecule has 0 saturated carbocycles. The lowest BCUT2D eigenvalue weighted by atomic mass is 9.88. The first-order valence-electron chi connectivity index (χ1n) is 19.8. The Balaban J connectivity index is 1.44. The van der Waals surface area contributed by atoms with Crippen molar-refractivity contribution in [2.75, 3.05) is 0 Å². The van der Waals surface area contributed by atoms with Crippen molar-refractivity contribution in [1.82, 2.24) is 9.55 Å². The van der Waals surface area contributed by atoms with Crippen LogP contribution >= 0.6 is 0 Å². The molecule has 0 unspecified atom stereocenters. The molecule has 0 amide bonds. The van der Waals surface area contributed by atoms with E-state index in [1.165, 1.54) is 0 Å². The average molecular weight is 645 g/mol. The molecule has 0 N–H and O–H groups in total. The minimum Gasteiger partial charge on any atom is -0.456 e. The Morgan fingerprint density at radius 3 is 2.08 bits per heavy atom. The number of benzene rings is 6. The van der Waals surface area contributed by atoms with Crippen LogP contribution in [0.3, 0.4) is 0 Å². The SMILES string of the molecule is [2H]C([2H])([2H])c1ccc(-c2nc3cccc(C([2H])([2H])[2H])c3n2-c2c(C(C)C)cc(-c3ccccc3)cc2C(C)C)c2oc3cc4c(cc3c12)oc1ccccc14. The second kappa shape index (κ2) is 11.0. The fourth-order valence-corrected chi connectivity index (χ4v) is 7.41. The van der Waals surface area contributed by atoms with E-state index >= 15 is 0 Å². The van der Waals surface area contributed by atoms with Gasteiger partial charge in [0.1, 0.15) is 28.2 Å². The quantitative estimate of drug-likeness (QED) is 0.187. The number of fused-ring (bicyclic) bond motifs is 7. The molecule has 0 atom stereocenters. The number of nitrogens with zero attached hydrogens (tertiary/aromatic N) is 2. The summed E-state index contributed by atoms with van der Waals surface area (Å²) in [6, 6.07) is 34.8. The minimum absolute atomic E-state index is 0.0378. The molecule has 0 aliphatic carbocycles. The summed E-state index contributed by atoms with van der Waals surface area (Å²) in [6.07, 6.45) is 0. The zero-order valence-electron chi connectivity index (χ0n) is 33.8. The van der Waals surface area contributed by atoms with Crippen LogP contribution in [0.4, 0.5) is 0 Å². The van der Waals surface area contributed by atoms with E-state index in [2.05, 4.69) is 52.0 Å². The van der Waals surface area contributed by atoms with Gasteiger partial charge in [0.25, 0.3) is 0 Å². The van der Waals surface area contributed by atoms with Gasteiger partial charge in [0.2, 0.25) is 0 Å². The molecule has 9 rings (SSSR count). The van der Waals surface area contributed by atoms with Gasteiger partial charge in [0.15, 0.2) is 0 Å². The normalized spacial score (nSPS) is 14.6. The van der Waals surface area contributed by atoms with Crippen LogP contribution in [0, 0.1) is 13.7 Å². The highest BCUT2D eigenvalue weighted by atomic mass is 16.3. The van der Waals surface area contributed by atoms with Crippen LogP contribution in [0.1, 0.15) is 70.0 Å². The van der Waals surface area contributed by atoms with Crippen molar-refractivity contribution in [2.24, 2.45) is 0 Å². The van der Waals surface area contributed by atoms with Gasteiger partial charge in [-0.25, -0.2) is 4.98 Å². The fourth-order valence-electron chi connectivity index (χ4n) is 7.41. The molecule has 0 aliphatic heterocycles. The molecule has 0 aliphatic rings. The molecule has 3 aromatic heterocycles. The van der Waals surface area contributed by atoms with Gasteiger partial charge in [-0.05, 0) is 101 Å². The number of rotatable bonds is 5. The van der Waals surface area contributed by atoms with E-state index in [0.717, 1.165) is 44.3 Å². The molecule has 9 aromatic rings. The molecule has 0 fully saturated rings. The molecule has 49 heavy (non-hydrogen) atoms. The van der Waals surface area contributed by atoms with E-state index in [9.17, 15) is 0 Å². The molecule has 6 aromatic carbocycles. The first-order valence-corrected chi connectivity index (χ1v) is 16.8. The lowest BCUT2D eigenvalue weighted by Gasteiger charge is -2.25. The molecular weight excluding hydrogens is 601 g/mol. The van der Waals surface area contributed by atoms with E-state index < -0.39 is 13.7 Å². The smallest absolute Gasteiger partial charge is 0.149 e. The number of hydrogen-bond acceptors (Lipinski definition) is 3. The zero-order chi connectivity index (χ0) is 38.6. The van der Waals surface area contributed by atoms with E-state index in [-0.39, 0.29) is 23.0 Å². The summed E-state index contributed by atoms with van der Waals surface area (Å²) in [4.78, 5) is 5.21. The zero-order valence-corrected chi connectivity index (χ0v) is 27.8. The summed E-state index contributed by atoms with van der Waals surface area (Å²) < 4.78 is 66.7. The third kappa shape index (κ3) is 4.47. The number of hydrogen-bond donors (Lipinski definition) is 0. The van der Waals surface area contributed by atoms with Crippen LogP contribution in [0.25, 0.3) is 83.1 Å². The summed E-state index contributed by atoms with van der Waals surface area (Å²) in [7, 11) is 0. The van der Waals surface area contributed by atoms with Crippen LogP contribution in [-0.2, 0) is 0 Å². The number of para-hydroxylation sites is 2. The van der Waals surface area contributed by atoms with Crippen molar-refractivity contribution in [3.05, 3.63) is 131 Å². The van der Waals surface area contributed by atoms with Gasteiger partial charge in [0, 0.05) is 29.8 Å². The van der Waals surface area contributed by atoms with Crippen LogP contribution in [0.2, 0.25) is 0 Å². The van der Waals surface area contributed by atoms with Crippen molar-refractivity contribution in [3.8, 4) is 28.2 Å². The van der Waals surface area contributed by atoms with Gasteiger partial charge >= 0.3 is 0 Å². The highest BCUT2D eigenvalue weighted by molar-refractivity contribution is 6.17. The Kier molecular flexibility index (Phi) is 5.30. The molecule has 0 radical (unpaired) electrons. The Hall–Kier alpha value is -5.61. The van der Waals surface area contributed by atoms with Crippen LogP contribution in [0.5, 0.6) is 0 Å². The maximum absolute atomic E-state index is 8.67. The van der Waals surface area contributed by atoms with Crippen LogP contribution < -0.4 is 0 Å². The van der Waals surface area contributed by atoms with Crippen molar-refractivity contribution < 1.29 is 17.1 Å². The van der Waals surface area contributed by atoms with Gasteiger partial charge in [-0.15, -0.1) is 0 Å². The molecule has 0 spiro atoms. The first kappa shape index (κ1) is 23.7. The van der Waals surface area contributed by atoms with Crippen molar-refractivity contribution in [3.63, 3.8) is 0 Å². The number of aryl methyl sites for hydroxylation is 2. The Bertz CT molecular complexity index is 2930. The van der Waals surface area contributed by atoms with E-state index in [4.69, 9.17) is 22.0 Å². The highest BCUT2D eigenvalue weighted by Crippen LogP contribution is 2.45. The number of aromatic nitrogens is 2. The Morgan fingerprint density at radius 2 is 1.33 bits per heavy atom. The third-order valence-electron chi connectivity index (χ3n) is 9.78. The predicted octanol–water partition coefficient (Wildman–Crippen LogP) is 13.0. The highest BCUT2D eigenvalue weighted by Gasteiger charge is 2.27. The van der Waals surface area contributed by atoms with E-state index in [1.807, 2.05) is 65.2 Å². The summed E-state index contributed by atoms with van der Waals surface area (Å²) in [5.41, 5.74) is 9.11. The molecule has 0 saturated heterocycles. The standard InChI is InChI=1S/C45H38N2O2/c1-25(2)33-21-30(29-14-8-7-9-15-29)22-34(26(3)4)43(33)47-42-28(6)13-12-17-37(42)46-45(47)32-20-19-27(5)41-36-24-39-35(23-40(36)49-44(32)41)31-16-10-11-18-38(31)48-39/h7-26H,1-6H3/i5D3,6D3. The lowest BCUT2D eigenvalue weighted by Crippen LogP contribution is -2.10. The lowest BCUT2D eigenvalue weighted by molar-refractivity contribution is 0.664. The maximum Gasteiger partial charge on any atom is 0.149 e. The molecule has 4 heteroatoms. The van der Waals surface area contributed by atoms with Crippen molar-refractivity contribution >= 4 is 54.9 Å². The summed E-state index contributed by atoms with van der Waals surface area (Å²) in [5.74, 6) is 0.532. The van der Waals surface area contributed by atoms with Gasteiger partial charge in [-0.2, -0.15) is 0 Å². The van der Waals surface area contributed by atoms with E-state index in [1.54, 1.807) is 24.3 Å². The average Bonchev–Trinajstić information content (AvgIpc) is 3.83. The molecule has 4 nitrogen and oxygen atoms in total. The molecule has 240 valence electrons. The molecule has 0 bridgehead atoms. The molecule has 3 heterocycles. The van der Waals surface area contributed by atoms with Crippen molar-refractivity contribution in [1.29, 1.82) is 0 Å². The summed E-state index contributed by atoms with van der Waals surface area (Å²) in [6.45, 7) is 3.65. The van der Waals surface area contributed by atoms with Crippen LogP contribution in [-0.4, -0.2) is 9.55 Å². The van der Waals surface area contributed by atoms with Gasteiger partial charge in [0.05, 0.1) is 22.3 Å². The minimum atomic E-state index is -2.46. The van der Waals surface area contributed by atoms with Gasteiger partial charge < -0.3 is 8.83 Å². The second-order valence-corrected chi connectivity index (χ2v) is 13.5. The third-order valence-corrected chi connectivity index (χ3v) is 9.78. The van der Waals surface area contributed by atoms with Crippen molar-refractivity contribution in [2.45, 2.75) is 53.2 Å². The van der Waals surface area contributed by atoms with Crippen LogP contribution in [0.15, 0.2) is 118 Å². The topological polar surface area (TPSA) is 44.1 Å². The predicted molar refractivity (Wildman–Crippen MR) is 204 cm³/mol. The monoisotopic (exact) mass is 644 g/mol. The number of furan rings is 2. The first-order chi connectivity index (χ1) is 26.2.